The number of hydrogen-bond acceptors (Lipinski definition) is 3. The number of pyridine rings is 1. The van der Waals surface area contributed by atoms with Gasteiger partial charge in [-0.2, -0.15) is 0 Å². The van der Waals surface area contributed by atoms with Crippen molar-refractivity contribution in [3.05, 3.63) is 59.5 Å². The molecule has 2 rings (SSSR count). The van der Waals surface area contributed by atoms with Crippen LogP contribution in [0.4, 0.5) is 10.2 Å². The number of rotatable bonds is 7. The molecule has 1 heterocycles. The summed E-state index contributed by atoms with van der Waals surface area (Å²) in [4.78, 5) is 6.60. The number of hydrogen-bond donors (Lipinski definition) is 1. The van der Waals surface area contributed by atoms with Crippen molar-refractivity contribution >= 4 is 5.82 Å². The van der Waals surface area contributed by atoms with Crippen LogP contribution >= 0.6 is 0 Å². The van der Waals surface area contributed by atoms with Gasteiger partial charge in [-0.3, -0.25) is 4.90 Å². The van der Waals surface area contributed by atoms with E-state index in [1.807, 2.05) is 24.4 Å². The van der Waals surface area contributed by atoms with E-state index in [1.54, 1.807) is 0 Å². The molecule has 0 atom stereocenters. The van der Waals surface area contributed by atoms with Crippen molar-refractivity contribution < 1.29 is 4.39 Å². The summed E-state index contributed by atoms with van der Waals surface area (Å²) in [5.74, 6) is 0.755. The molecule has 0 radical (unpaired) electrons. The molecule has 1 N–H and O–H groups in total. The molecule has 112 valence electrons. The lowest BCUT2D eigenvalue weighted by Crippen LogP contribution is -2.18. The molecular formula is C17H22FN3. The van der Waals surface area contributed by atoms with E-state index in [9.17, 15) is 4.39 Å². The largest absolute Gasteiger partial charge is 0.370 e. The normalized spacial score (nSPS) is 10.9. The van der Waals surface area contributed by atoms with E-state index in [0.717, 1.165) is 37.4 Å². The van der Waals surface area contributed by atoms with Crippen LogP contribution in [0.5, 0.6) is 0 Å². The Morgan fingerprint density at radius 1 is 1.14 bits per heavy atom. The Hall–Kier alpha value is -1.94. The monoisotopic (exact) mass is 287 g/mol. The third-order valence-corrected chi connectivity index (χ3v) is 3.24. The lowest BCUT2D eigenvalue weighted by atomic mass is 10.2. The van der Waals surface area contributed by atoms with Gasteiger partial charge in [0.15, 0.2) is 0 Å². The van der Waals surface area contributed by atoms with Crippen LogP contribution in [0.25, 0.3) is 0 Å². The van der Waals surface area contributed by atoms with E-state index in [2.05, 4.69) is 35.2 Å². The maximum absolute atomic E-state index is 12.9. The van der Waals surface area contributed by atoms with Crippen molar-refractivity contribution in [1.29, 1.82) is 0 Å². The fraction of sp³-hybridized carbons (Fsp3) is 0.353. The molecule has 0 aliphatic rings. The van der Waals surface area contributed by atoms with Crippen molar-refractivity contribution in [2.45, 2.75) is 26.4 Å². The summed E-state index contributed by atoms with van der Waals surface area (Å²) in [6, 6.07) is 10.7. The summed E-state index contributed by atoms with van der Waals surface area (Å²) in [5.41, 5.74) is 2.28. The number of halogens is 1. The Labute approximate surface area is 125 Å². The van der Waals surface area contributed by atoms with E-state index in [0.29, 0.717) is 0 Å². The van der Waals surface area contributed by atoms with Crippen LogP contribution in [0.2, 0.25) is 0 Å². The highest BCUT2D eigenvalue weighted by Crippen LogP contribution is 2.15. The Morgan fingerprint density at radius 3 is 2.62 bits per heavy atom. The summed E-state index contributed by atoms with van der Waals surface area (Å²) in [6.45, 7) is 4.64. The Morgan fingerprint density at radius 2 is 1.90 bits per heavy atom. The third kappa shape index (κ3) is 4.83. The summed E-state index contributed by atoms with van der Waals surface area (Å²) in [6.07, 6.45) is 2.88. The number of benzene rings is 1. The molecule has 0 amide bonds. The standard InChI is InChI=1S/C17H22FN3/c1-3-10-19-17-15(5-4-11-20-17)13-21(2)12-14-6-8-16(18)9-7-14/h4-9,11H,3,10,12-13H2,1-2H3,(H,19,20). The number of aromatic nitrogens is 1. The van der Waals surface area contributed by atoms with Crippen molar-refractivity contribution in [2.24, 2.45) is 0 Å². The van der Waals surface area contributed by atoms with Gasteiger partial charge in [0.25, 0.3) is 0 Å². The van der Waals surface area contributed by atoms with Gasteiger partial charge in [0.05, 0.1) is 0 Å². The molecule has 0 unspecified atom stereocenters. The molecule has 0 spiro atoms. The molecule has 0 saturated heterocycles. The van der Waals surface area contributed by atoms with Gasteiger partial charge in [-0.25, -0.2) is 9.37 Å². The molecule has 0 aliphatic carbocycles. The first-order chi connectivity index (χ1) is 10.2. The van der Waals surface area contributed by atoms with E-state index in [-0.39, 0.29) is 5.82 Å². The Bertz CT molecular complexity index is 554. The first-order valence-corrected chi connectivity index (χ1v) is 7.29. The van der Waals surface area contributed by atoms with Crippen molar-refractivity contribution in [1.82, 2.24) is 9.88 Å². The predicted octanol–water partition coefficient (Wildman–Crippen LogP) is 3.67. The van der Waals surface area contributed by atoms with Crippen LogP contribution in [-0.2, 0) is 13.1 Å². The molecule has 0 fully saturated rings. The zero-order valence-corrected chi connectivity index (χ0v) is 12.6. The zero-order chi connectivity index (χ0) is 15.1. The van der Waals surface area contributed by atoms with Gasteiger partial charge in [-0.05, 0) is 37.2 Å². The second kappa shape index (κ2) is 7.74. The van der Waals surface area contributed by atoms with Crippen molar-refractivity contribution in [3.63, 3.8) is 0 Å². The summed E-state index contributed by atoms with van der Waals surface area (Å²) >= 11 is 0. The van der Waals surface area contributed by atoms with Crippen LogP contribution in [0.1, 0.15) is 24.5 Å². The molecule has 21 heavy (non-hydrogen) atoms. The molecule has 0 saturated carbocycles. The van der Waals surface area contributed by atoms with E-state index < -0.39 is 0 Å². The summed E-state index contributed by atoms with van der Waals surface area (Å²) in [7, 11) is 2.06. The average molecular weight is 287 g/mol. The number of nitrogens with zero attached hydrogens (tertiary/aromatic N) is 2. The number of anilines is 1. The zero-order valence-electron chi connectivity index (χ0n) is 12.6. The van der Waals surface area contributed by atoms with Gasteiger partial charge in [0.1, 0.15) is 11.6 Å². The van der Waals surface area contributed by atoms with Crippen LogP contribution in [0, 0.1) is 5.82 Å². The second-order valence-corrected chi connectivity index (χ2v) is 5.24. The highest BCUT2D eigenvalue weighted by atomic mass is 19.1. The molecule has 1 aromatic carbocycles. The van der Waals surface area contributed by atoms with Crippen molar-refractivity contribution in [2.75, 3.05) is 18.9 Å². The van der Waals surface area contributed by atoms with Crippen LogP contribution in [0.3, 0.4) is 0 Å². The lowest BCUT2D eigenvalue weighted by molar-refractivity contribution is 0.319. The van der Waals surface area contributed by atoms with Crippen LogP contribution < -0.4 is 5.32 Å². The Balaban J connectivity index is 1.98. The quantitative estimate of drug-likeness (QED) is 0.842. The molecule has 2 aromatic rings. The maximum atomic E-state index is 12.9. The minimum atomic E-state index is -0.195. The van der Waals surface area contributed by atoms with Gasteiger partial charge in [0, 0.05) is 31.4 Å². The fourth-order valence-electron chi connectivity index (χ4n) is 2.22. The van der Waals surface area contributed by atoms with Gasteiger partial charge >= 0.3 is 0 Å². The van der Waals surface area contributed by atoms with Crippen molar-refractivity contribution in [3.8, 4) is 0 Å². The maximum Gasteiger partial charge on any atom is 0.130 e. The van der Waals surface area contributed by atoms with Gasteiger partial charge in [-0.1, -0.05) is 25.1 Å². The SMILES string of the molecule is CCCNc1ncccc1CN(C)Cc1ccc(F)cc1. The van der Waals surface area contributed by atoms with Gasteiger partial charge in [-0.15, -0.1) is 0 Å². The molecule has 4 heteroatoms. The third-order valence-electron chi connectivity index (χ3n) is 3.24. The molecule has 1 aromatic heterocycles. The summed E-state index contributed by atoms with van der Waals surface area (Å²) in [5, 5.41) is 3.35. The van der Waals surface area contributed by atoms with E-state index in [1.165, 1.54) is 17.7 Å². The van der Waals surface area contributed by atoms with Gasteiger partial charge in [0.2, 0.25) is 0 Å². The molecular weight excluding hydrogens is 265 g/mol. The van der Waals surface area contributed by atoms with E-state index in [4.69, 9.17) is 0 Å². The first-order valence-electron chi connectivity index (χ1n) is 7.29. The Kier molecular flexibility index (Phi) is 5.69. The minimum absolute atomic E-state index is 0.195. The fourth-order valence-corrected chi connectivity index (χ4v) is 2.22. The molecule has 0 aliphatic heterocycles. The van der Waals surface area contributed by atoms with Crippen LogP contribution in [0.15, 0.2) is 42.6 Å². The first kappa shape index (κ1) is 15.4. The average Bonchev–Trinajstić information content (AvgIpc) is 2.49. The molecule has 0 bridgehead atoms. The van der Waals surface area contributed by atoms with Crippen LogP contribution in [-0.4, -0.2) is 23.5 Å². The lowest BCUT2D eigenvalue weighted by Gasteiger charge is -2.19. The van der Waals surface area contributed by atoms with E-state index >= 15 is 0 Å². The summed E-state index contributed by atoms with van der Waals surface area (Å²) < 4.78 is 12.9. The highest BCUT2D eigenvalue weighted by Gasteiger charge is 2.07. The highest BCUT2D eigenvalue weighted by molar-refractivity contribution is 5.43. The minimum Gasteiger partial charge on any atom is -0.370 e. The number of nitrogens with one attached hydrogen (secondary N) is 1. The predicted molar refractivity (Wildman–Crippen MR) is 84.6 cm³/mol. The topological polar surface area (TPSA) is 28.2 Å². The second-order valence-electron chi connectivity index (χ2n) is 5.24. The molecule has 3 nitrogen and oxygen atoms in total. The smallest absolute Gasteiger partial charge is 0.130 e. The van der Waals surface area contributed by atoms with Gasteiger partial charge < -0.3 is 5.32 Å².